The molecular formula is C11H12ClF2N. The lowest BCUT2D eigenvalue weighted by Crippen LogP contribution is -2.44. The highest BCUT2D eigenvalue weighted by atomic mass is 35.5. The van der Waals surface area contributed by atoms with Crippen LogP contribution in [0.25, 0.3) is 0 Å². The van der Waals surface area contributed by atoms with Crippen molar-refractivity contribution in [3.8, 4) is 0 Å². The molecule has 1 aromatic carbocycles. The zero-order chi connectivity index (χ0) is 11.1. The molecule has 0 bridgehead atoms. The molecular weight excluding hydrogens is 220 g/mol. The van der Waals surface area contributed by atoms with Gasteiger partial charge in [0.05, 0.1) is 0 Å². The average molecular weight is 232 g/mol. The Labute approximate surface area is 92.2 Å². The van der Waals surface area contributed by atoms with Crippen LogP contribution in [-0.2, 0) is 5.54 Å². The van der Waals surface area contributed by atoms with Gasteiger partial charge in [-0.15, -0.1) is 0 Å². The molecule has 0 aromatic heterocycles. The lowest BCUT2D eigenvalue weighted by atomic mass is 9.71. The molecule has 2 rings (SSSR count). The van der Waals surface area contributed by atoms with Gasteiger partial charge in [-0.25, -0.2) is 8.78 Å². The first kappa shape index (κ1) is 10.8. The lowest BCUT2D eigenvalue weighted by molar-refractivity contribution is 0.143. The topological polar surface area (TPSA) is 26.0 Å². The van der Waals surface area contributed by atoms with Crippen molar-refractivity contribution >= 4 is 11.6 Å². The van der Waals surface area contributed by atoms with E-state index in [1.165, 1.54) is 12.1 Å². The number of hydrogen-bond donors (Lipinski definition) is 1. The molecule has 0 heterocycles. The van der Waals surface area contributed by atoms with E-state index in [4.69, 9.17) is 17.3 Å². The normalized spacial score (nSPS) is 19.0. The fourth-order valence-corrected chi connectivity index (χ4v) is 2.15. The number of halogens is 3. The molecule has 0 radical (unpaired) electrons. The largest absolute Gasteiger partial charge is 0.321 e. The molecule has 1 aromatic rings. The quantitative estimate of drug-likeness (QED) is 0.827. The molecule has 82 valence electrons. The van der Waals surface area contributed by atoms with E-state index in [0.29, 0.717) is 10.6 Å². The van der Waals surface area contributed by atoms with Crippen LogP contribution in [0.4, 0.5) is 8.78 Å². The number of benzene rings is 1. The van der Waals surface area contributed by atoms with Gasteiger partial charge in [-0.1, -0.05) is 17.7 Å². The zero-order valence-electron chi connectivity index (χ0n) is 8.14. The summed E-state index contributed by atoms with van der Waals surface area (Å²) in [6.45, 7) is 0. The molecule has 4 heteroatoms. The minimum absolute atomic E-state index is 0.0154. The first-order chi connectivity index (χ1) is 7.03. The van der Waals surface area contributed by atoms with E-state index < -0.39 is 12.0 Å². The van der Waals surface area contributed by atoms with Crippen molar-refractivity contribution in [3.05, 3.63) is 34.3 Å². The predicted octanol–water partition coefficient (Wildman–Crippen LogP) is 3.62. The molecule has 0 atom stereocenters. The predicted molar refractivity (Wildman–Crippen MR) is 56.1 cm³/mol. The highest BCUT2D eigenvalue weighted by Gasteiger charge is 2.37. The molecule has 1 fully saturated rings. The maximum Gasteiger partial charge on any atom is 0.264 e. The fourth-order valence-electron chi connectivity index (χ4n) is 1.98. The van der Waals surface area contributed by atoms with Crippen molar-refractivity contribution in [2.24, 2.45) is 5.73 Å². The molecule has 0 aliphatic heterocycles. The minimum atomic E-state index is -2.49. The van der Waals surface area contributed by atoms with E-state index in [1.54, 1.807) is 6.07 Å². The van der Waals surface area contributed by atoms with Crippen molar-refractivity contribution in [2.75, 3.05) is 0 Å². The first-order valence-corrected chi connectivity index (χ1v) is 5.28. The summed E-state index contributed by atoms with van der Waals surface area (Å²) in [5.74, 6) is 0. The summed E-state index contributed by atoms with van der Waals surface area (Å²) in [6, 6.07) is 4.42. The van der Waals surface area contributed by atoms with Crippen LogP contribution >= 0.6 is 11.6 Å². The third-order valence-corrected chi connectivity index (χ3v) is 3.27. The second kappa shape index (κ2) is 3.72. The number of nitrogens with two attached hydrogens (primary N) is 1. The highest BCUT2D eigenvalue weighted by molar-refractivity contribution is 6.30. The number of rotatable bonds is 2. The monoisotopic (exact) mass is 231 g/mol. The van der Waals surface area contributed by atoms with Crippen LogP contribution in [0.2, 0.25) is 5.02 Å². The van der Waals surface area contributed by atoms with E-state index >= 15 is 0 Å². The second-order valence-electron chi connectivity index (χ2n) is 4.04. The van der Waals surface area contributed by atoms with Crippen LogP contribution in [0.3, 0.4) is 0 Å². The SMILES string of the molecule is NC1(c2cc(Cl)ccc2C(F)F)CCC1. The van der Waals surface area contributed by atoms with Crippen LogP contribution in [-0.4, -0.2) is 0 Å². The van der Waals surface area contributed by atoms with Gasteiger partial charge in [0.15, 0.2) is 0 Å². The van der Waals surface area contributed by atoms with Gasteiger partial charge in [-0.3, -0.25) is 0 Å². The average Bonchev–Trinajstić information content (AvgIpc) is 2.13. The summed E-state index contributed by atoms with van der Waals surface area (Å²) < 4.78 is 25.5. The zero-order valence-corrected chi connectivity index (χ0v) is 8.90. The van der Waals surface area contributed by atoms with E-state index in [0.717, 1.165) is 19.3 Å². The molecule has 1 aliphatic carbocycles. The first-order valence-electron chi connectivity index (χ1n) is 4.90. The molecule has 0 spiro atoms. The molecule has 0 unspecified atom stereocenters. The van der Waals surface area contributed by atoms with Crippen LogP contribution < -0.4 is 5.73 Å². The van der Waals surface area contributed by atoms with Crippen LogP contribution in [0.5, 0.6) is 0 Å². The van der Waals surface area contributed by atoms with E-state index in [-0.39, 0.29) is 5.56 Å². The Balaban J connectivity index is 2.47. The Bertz CT molecular complexity index is 375. The Morgan fingerprint density at radius 2 is 2.00 bits per heavy atom. The summed E-state index contributed by atoms with van der Waals surface area (Å²) in [5, 5.41) is 0.464. The Hall–Kier alpha value is -0.670. The minimum Gasteiger partial charge on any atom is -0.321 e. The van der Waals surface area contributed by atoms with E-state index in [2.05, 4.69) is 0 Å². The third-order valence-electron chi connectivity index (χ3n) is 3.03. The second-order valence-corrected chi connectivity index (χ2v) is 4.48. The summed E-state index contributed by atoms with van der Waals surface area (Å²) in [4.78, 5) is 0. The highest BCUT2D eigenvalue weighted by Crippen LogP contribution is 2.43. The molecule has 0 amide bonds. The Morgan fingerprint density at radius 3 is 2.47 bits per heavy atom. The molecule has 1 aliphatic rings. The standard InChI is InChI=1S/C11H12ClF2N/c12-7-2-3-8(10(13)14)9(6-7)11(15)4-1-5-11/h2-3,6,10H,1,4-5,15H2. The maximum atomic E-state index is 12.8. The van der Waals surface area contributed by atoms with Crippen LogP contribution in [0.15, 0.2) is 18.2 Å². The van der Waals surface area contributed by atoms with Gasteiger partial charge in [-0.05, 0) is 37.0 Å². The third kappa shape index (κ3) is 1.86. The van der Waals surface area contributed by atoms with Crippen molar-refractivity contribution < 1.29 is 8.78 Å². The van der Waals surface area contributed by atoms with Gasteiger partial charge in [0, 0.05) is 16.1 Å². The molecule has 1 saturated carbocycles. The number of alkyl halides is 2. The number of hydrogen-bond acceptors (Lipinski definition) is 1. The smallest absolute Gasteiger partial charge is 0.264 e. The summed E-state index contributed by atoms with van der Waals surface area (Å²) in [7, 11) is 0. The van der Waals surface area contributed by atoms with Gasteiger partial charge in [0.1, 0.15) is 0 Å². The molecule has 1 nitrogen and oxygen atoms in total. The summed E-state index contributed by atoms with van der Waals surface area (Å²) in [5.41, 5.74) is 5.98. The molecule has 0 saturated heterocycles. The van der Waals surface area contributed by atoms with Crippen molar-refractivity contribution in [2.45, 2.75) is 31.2 Å². The van der Waals surface area contributed by atoms with Crippen LogP contribution in [0, 0.1) is 0 Å². The maximum absolute atomic E-state index is 12.8. The fraction of sp³-hybridized carbons (Fsp3) is 0.455. The lowest BCUT2D eigenvalue weighted by Gasteiger charge is -2.40. The Morgan fingerprint density at radius 1 is 1.33 bits per heavy atom. The summed E-state index contributed by atoms with van der Waals surface area (Å²) in [6.07, 6.45) is 0.0181. The van der Waals surface area contributed by atoms with Gasteiger partial charge >= 0.3 is 0 Å². The van der Waals surface area contributed by atoms with Crippen molar-refractivity contribution in [1.82, 2.24) is 0 Å². The van der Waals surface area contributed by atoms with Crippen molar-refractivity contribution in [1.29, 1.82) is 0 Å². The van der Waals surface area contributed by atoms with Crippen LogP contribution in [0.1, 0.15) is 36.8 Å². The molecule has 15 heavy (non-hydrogen) atoms. The van der Waals surface area contributed by atoms with Gasteiger partial charge in [0.25, 0.3) is 6.43 Å². The van der Waals surface area contributed by atoms with Gasteiger partial charge < -0.3 is 5.73 Å². The Kier molecular flexibility index (Phi) is 2.69. The molecule has 2 N–H and O–H groups in total. The summed E-state index contributed by atoms with van der Waals surface area (Å²) >= 11 is 5.81. The van der Waals surface area contributed by atoms with E-state index in [9.17, 15) is 8.78 Å². The van der Waals surface area contributed by atoms with Crippen molar-refractivity contribution in [3.63, 3.8) is 0 Å². The van der Waals surface area contributed by atoms with Gasteiger partial charge in [0.2, 0.25) is 0 Å². The van der Waals surface area contributed by atoms with Gasteiger partial charge in [-0.2, -0.15) is 0 Å². The van der Waals surface area contributed by atoms with E-state index in [1.807, 2.05) is 0 Å².